The number of rotatable bonds is 4. The fourth-order valence-corrected chi connectivity index (χ4v) is 5.19. The summed E-state index contributed by atoms with van der Waals surface area (Å²) in [5.74, 6) is 0. The van der Waals surface area contributed by atoms with Crippen LogP contribution in [0.1, 0.15) is 0 Å². The Bertz CT molecular complexity index is 1110. The molecule has 0 amide bonds. The molecule has 32 heavy (non-hydrogen) atoms. The third-order valence-electron chi connectivity index (χ3n) is 2.78. The predicted octanol–water partition coefficient (Wildman–Crippen LogP) is -13.0. The molecule has 2 aromatic rings. The van der Waals surface area contributed by atoms with Crippen molar-refractivity contribution in [2.45, 2.75) is 19.6 Å². The molecule has 0 atom stereocenters. The minimum atomic E-state index is -4.95. The van der Waals surface area contributed by atoms with Gasteiger partial charge in [-0.1, -0.05) is 24.3 Å². The SMILES string of the molecule is O=S(=O)([O-])c1ccccc1S(=O)(=O)[O-].O=S(=O)([O-])c1ccccc1S(=O)(=O)[O-].[K+].[K+].[Na+].[Na+]. The van der Waals surface area contributed by atoms with Crippen molar-refractivity contribution in [3.05, 3.63) is 48.5 Å². The Morgan fingerprint density at radius 1 is 0.406 bits per heavy atom. The topological polar surface area (TPSA) is 229 Å². The Labute approximate surface area is 315 Å². The zero-order chi connectivity index (χ0) is 22.0. The Morgan fingerprint density at radius 2 is 0.531 bits per heavy atom. The first kappa shape index (κ1) is 42.4. The van der Waals surface area contributed by atoms with E-state index in [0.29, 0.717) is 0 Å². The summed E-state index contributed by atoms with van der Waals surface area (Å²) in [4.78, 5) is -4.07. The molecule has 0 N–H and O–H groups in total. The van der Waals surface area contributed by atoms with Crippen LogP contribution in [0.3, 0.4) is 0 Å². The van der Waals surface area contributed by atoms with Gasteiger partial charge in [0.1, 0.15) is 40.5 Å². The van der Waals surface area contributed by atoms with Gasteiger partial charge >= 0.3 is 162 Å². The number of hydrogen-bond acceptors (Lipinski definition) is 12. The summed E-state index contributed by atoms with van der Waals surface area (Å²) in [5.41, 5.74) is 0. The van der Waals surface area contributed by atoms with E-state index in [0.717, 1.165) is 48.5 Å². The van der Waals surface area contributed by atoms with E-state index in [-0.39, 0.29) is 162 Å². The van der Waals surface area contributed by atoms with Crippen molar-refractivity contribution in [1.82, 2.24) is 0 Å². The molecule has 0 unspecified atom stereocenters. The molecule has 0 aliphatic carbocycles. The summed E-state index contributed by atoms with van der Waals surface area (Å²) in [5, 5.41) is 0. The molecule has 0 aliphatic rings. The standard InChI is InChI=1S/2C6H6O6S2.2K.2Na/c2*7-13(8,9)5-3-1-2-4-6(5)14(10,11)12;;;;/h2*1-4H,(H,7,8,9)(H,10,11,12);;;;/q;;4*+1/p-4. The van der Waals surface area contributed by atoms with Crippen LogP contribution in [-0.4, -0.2) is 51.9 Å². The van der Waals surface area contributed by atoms with E-state index in [9.17, 15) is 51.9 Å². The molecule has 0 radical (unpaired) electrons. The average Bonchev–Trinajstić information content (AvgIpc) is 2.52. The summed E-state index contributed by atoms with van der Waals surface area (Å²) in [6.45, 7) is 0. The van der Waals surface area contributed by atoms with Crippen LogP contribution in [-0.2, 0) is 40.5 Å². The van der Waals surface area contributed by atoms with Crippen LogP contribution in [0.4, 0.5) is 0 Å². The van der Waals surface area contributed by atoms with Crippen LogP contribution in [0.15, 0.2) is 68.1 Å². The van der Waals surface area contributed by atoms with Crippen molar-refractivity contribution >= 4 is 40.5 Å². The Balaban J connectivity index is -0.000000218. The van der Waals surface area contributed by atoms with Crippen molar-refractivity contribution < 1.29 is 214 Å². The Hall–Kier alpha value is 3.35. The van der Waals surface area contributed by atoms with Crippen molar-refractivity contribution in [2.24, 2.45) is 0 Å². The van der Waals surface area contributed by atoms with E-state index >= 15 is 0 Å². The largest absolute Gasteiger partial charge is 1.00 e. The van der Waals surface area contributed by atoms with Gasteiger partial charge in [0.05, 0.1) is 19.6 Å². The summed E-state index contributed by atoms with van der Waals surface area (Å²) >= 11 is 0. The van der Waals surface area contributed by atoms with Gasteiger partial charge in [0.25, 0.3) is 0 Å². The van der Waals surface area contributed by atoms with E-state index in [1.54, 1.807) is 0 Å². The van der Waals surface area contributed by atoms with Gasteiger partial charge < -0.3 is 18.2 Å². The van der Waals surface area contributed by atoms with Crippen molar-refractivity contribution in [3.8, 4) is 0 Å². The molecule has 0 aromatic heterocycles. The van der Waals surface area contributed by atoms with Crippen LogP contribution in [0, 0.1) is 0 Å². The van der Waals surface area contributed by atoms with Crippen LogP contribution >= 0.6 is 0 Å². The normalized spacial score (nSPS) is 11.1. The van der Waals surface area contributed by atoms with E-state index in [1.165, 1.54) is 0 Å². The maximum absolute atomic E-state index is 10.5. The minimum absolute atomic E-state index is 0. The molecule has 2 aromatic carbocycles. The van der Waals surface area contributed by atoms with E-state index in [1.807, 2.05) is 0 Å². The molecule has 12 nitrogen and oxygen atoms in total. The van der Waals surface area contributed by atoms with Gasteiger partial charge in [-0.3, -0.25) is 0 Å². The van der Waals surface area contributed by atoms with E-state index in [2.05, 4.69) is 0 Å². The zero-order valence-electron chi connectivity index (χ0n) is 17.2. The summed E-state index contributed by atoms with van der Waals surface area (Å²) in [7, 11) is -19.8. The molecule has 0 spiro atoms. The summed E-state index contributed by atoms with van der Waals surface area (Å²) in [6.07, 6.45) is 0. The fraction of sp³-hybridized carbons (Fsp3) is 0. The van der Waals surface area contributed by atoms with Crippen LogP contribution in [0.2, 0.25) is 0 Å². The molecule has 0 fully saturated rings. The Morgan fingerprint density at radius 3 is 0.625 bits per heavy atom. The molecule has 0 saturated heterocycles. The van der Waals surface area contributed by atoms with Gasteiger partial charge in [-0.2, -0.15) is 0 Å². The first-order valence-corrected chi connectivity index (χ1v) is 12.1. The Kier molecular flexibility index (Phi) is 22.6. The van der Waals surface area contributed by atoms with Crippen LogP contribution in [0.25, 0.3) is 0 Å². The van der Waals surface area contributed by atoms with Gasteiger partial charge in [-0.15, -0.1) is 0 Å². The second-order valence-electron chi connectivity index (χ2n) is 4.71. The molecule has 20 heteroatoms. The summed E-state index contributed by atoms with van der Waals surface area (Å²) < 4.78 is 126. The maximum atomic E-state index is 10.5. The smallest absolute Gasteiger partial charge is 0.744 e. The van der Waals surface area contributed by atoms with Crippen molar-refractivity contribution in [1.29, 1.82) is 0 Å². The second-order valence-corrected chi connectivity index (χ2v) is 10.1. The van der Waals surface area contributed by atoms with Gasteiger partial charge in [0, 0.05) is 0 Å². The number of hydrogen-bond donors (Lipinski definition) is 0. The van der Waals surface area contributed by atoms with Gasteiger partial charge in [0.2, 0.25) is 0 Å². The molecular formula is C12H8K2Na2O12S4. The molecule has 0 aliphatic heterocycles. The van der Waals surface area contributed by atoms with Crippen LogP contribution in [0.5, 0.6) is 0 Å². The molecule has 0 heterocycles. The third-order valence-corrected chi connectivity index (χ3v) is 6.61. The molecule has 156 valence electrons. The average molecular weight is 597 g/mol. The van der Waals surface area contributed by atoms with Crippen molar-refractivity contribution in [3.63, 3.8) is 0 Å². The predicted molar refractivity (Wildman–Crippen MR) is 84.7 cm³/mol. The van der Waals surface area contributed by atoms with Gasteiger partial charge in [-0.25, -0.2) is 33.7 Å². The second kappa shape index (κ2) is 17.0. The van der Waals surface area contributed by atoms with E-state index in [4.69, 9.17) is 0 Å². The fourth-order valence-electron chi connectivity index (χ4n) is 1.73. The molecule has 0 bridgehead atoms. The first-order chi connectivity index (χ1) is 12.5. The quantitative estimate of drug-likeness (QED) is 0.237. The first-order valence-electron chi connectivity index (χ1n) is 6.47. The molecule has 2 rings (SSSR count). The molecule has 0 saturated carbocycles. The van der Waals surface area contributed by atoms with Crippen LogP contribution < -0.4 is 162 Å². The molecular weight excluding hydrogens is 589 g/mol. The number of benzene rings is 2. The minimum Gasteiger partial charge on any atom is -0.744 e. The maximum Gasteiger partial charge on any atom is 1.00 e. The summed E-state index contributed by atoms with van der Waals surface area (Å²) in [6, 6.07) is 7.69. The van der Waals surface area contributed by atoms with Gasteiger partial charge in [-0.05, 0) is 24.3 Å². The van der Waals surface area contributed by atoms with E-state index < -0.39 is 60.1 Å². The zero-order valence-corrected chi connectivity index (χ0v) is 30.7. The third kappa shape index (κ3) is 14.3. The monoisotopic (exact) mass is 596 g/mol. The van der Waals surface area contributed by atoms with Gasteiger partial charge in [0.15, 0.2) is 0 Å². The van der Waals surface area contributed by atoms with Crippen molar-refractivity contribution in [2.75, 3.05) is 0 Å².